The normalized spacial score (nSPS) is 17.0. The van der Waals surface area contributed by atoms with Gasteiger partial charge in [0.05, 0.1) is 10.9 Å². The first-order valence-electron chi connectivity index (χ1n) is 9.13. The summed E-state index contributed by atoms with van der Waals surface area (Å²) >= 11 is 0. The molecule has 1 saturated heterocycles. The predicted molar refractivity (Wildman–Crippen MR) is 99.6 cm³/mol. The molecule has 6 nitrogen and oxygen atoms in total. The Morgan fingerprint density at radius 2 is 2.11 bits per heavy atom. The van der Waals surface area contributed by atoms with Crippen molar-refractivity contribution in [3.8, 4) is 0 Å². The standard InChI is InChI=1S/C19H23F2N3O3/c1-3-22-8-11-5-6-24(9-11)17-14(20)7-12-16(15(17)21)23(4-2)10-13(18(12)25)19(26)27/h7,10-11,22H,3-6,8-9H2,1-2H3,(H,26,27)/t11-/m1/s1. The third-order valence-corrected chi connectivity index (χ3v) is 5.09. The van der Waals surface area contributed by atoms with Crippen LogP contribution in [0.25, 0.3) is 10.9 Å². The summed E-state index contributed by atoms with van der Waals surface area (Å²) in [7, 11) is 0. The number of anilines is 1. The Balaban J connectivity index is 2.13. The van der Waals surface area contributed by atoms with Crippen molar-refractivity contribution in [2.24, 2.45) is 5.92 Å². The topological polar surface area (TPSA) is 74.6 Å². The van der Waals surface area contributed by atoms with E-state index in [9.17, 15) is 19.1 Å². The molecular weight excluding hydrogens is 356 g/mol. The molecule has 27 heavy (non-hydrogen) atoms. The molecule has 2 aromatic rings. The number of aromatic carboxylic acids is 1. The third kappa shape index (κ3) is 3.41. The zero-order valence-electron chi connectivity index (χ0n) is 15.4. The average Bonchev–Trinajstić information content (AvgIpc) is 3.09. The second-order valence-corrected chi connectivity index (χ2v) is 6.79. The number of halogens is 2. The van der Waals surface area contributed by atoms with Crippen LogP contribution < -0.4 is 15.6 Å². The molecule has 1 aliphatic rings. The molecule has 0 radical (unpaired) electrons. The van der Waals surface area contributed by atoms with E-state index in [-0.39, 0.29) is 23.1 Å². The summed E-state index contributed by atoms with van der Waals surface area (Å²) in [5.41, 5.74) is -1.58. The van der Waals surface area contributed by atoms with Gasteiger partial charge in [-0.3, -0.25) is 4.79 Å². The van der Waals surface area contributed by atoms with E-state index in [4.69, 9.17) is 0 Å². The van der Waals surface area contributed by atoms with Crippen LogP contribution in [0, 0.1) is 17.6 Å². The monoisotopic (exact) mass is 379 g/mol. The number of hydrogen-bond acceptors (Lipinski definition) is 4. The highest BCUT2D eigenvalue weighted by Gasteiger charge is 2.29. The summed E-state index contributed by atoms with van der Waals surface area (Å²) in [4.78, 5) is 25.4. The molecule has 0 bridgehead atoms. The van der Waals surface area contributed by atoms with Crippen molar-refractivity contribution >= 4 is 22.6 Å². The number of carboxylic acid groups (broad SMARTS) is 1. The van der Waals surface area contributed by atoms with Crippen molar-refractivity contribution < 1.29 is 18.7 Å². The summed E-state index contributed by atoms with van der Waals surface area (Å²) in [5, 5.41) is 12.2. The molecule has 0 amide bonds. The second kappa shape index (κ2) is 7.64. The van der Waals surface area contributed by atoms with Gasteiger partial charge in [-0.05, 0) is 38.4 Å². The highest BCUT2D eigenvalue weighted by molar-refractivity contribution is 5.93. The van der Waals surface area contributed by atoms with Crippen molar-refractivity contribution in [2.75, 3.05) is 31.1 Å². The first-order chi connectivity index (χ1) is 12.9. The number of pyridine rings is 1. The van der Waals surface area contributed by atoms with Crippen LogP contribution in [0.2, 0.25) is 0 Å². The van der Waals surface area contributed by atoms with Gasteiger partial charge in [0, 0.05) is 25.8 Å². The van der Waals surface area contributed by atoms with E-state index in [0.29, 0.717) is 19.0 Å². The van der Waals surface area contributed by atoms with Gasteiger partial charge < -0.3 is 19.9 Å². The van der Waals surface area contributed by atoms with Gasteiger partial charge in [0.15, 0.2) is 5.82 Å². The van der Waals surface area contributed by atoms with E-state index in [2.05, 4.69) is 5.32 Å². The lowest BCUT2D eigenvalue weighted by Gasteiger charge is -2.22. The smallest absolute Gasteiger partial charge is 0.341 e. The summed E-state index contributed by atoms with van der Waals surface area (Å²) in [6.45, 7) is 6.64. The molecule has 1 aromatic carbocycles. The fraction of sp³-hybridized carbons (Fsp3) is 0.474. The summed E-state index contributed by atoms with van der Waals surface area (Å²) in [5.74, 6) is -2.78. The Bertz CT molecular complexity index is 942. The first kappa shape index (κ1) is 19.3. The lowest BCUT2D eigenvalue weighted by atomic mass is 10.1. The van der Waals surface area contributed by atoms with Gasteiger partial charge in [0.1, 0.15) is 17.1 Å². The molecule has 1 aromatic heterocycles. The van der Waals surface area contributed by atoms with E-state index in [1.165, 1.54) is 4.57 Å². The minimum Gasteiger partial charge on any atom is -0.477 e. The maximum atomic E-state index is 15.3. The van der Waals surface area contributed by atoms with Crippen molar-refractivity contribution in [1.29, 1.82) is 0 Å². The van der Waals surface area contributed by atoms with Crippen molar-refractivity contribution in [3.05, 3.63) is 39.7 Å². The van der Waals surface area contributed by atoms with E-state index < -0.39 is 28.6 Å². The molecule has 146 valence electrons. The molecule has 1 fully saturated rings. The lowest BCUT2D eigenvalue weighted by Crippen LogP contribution is -2.28. The number of rotatable bonds is 6. The summed E-state index contributed by atoms with van der Waals surface area (Å²) < 4.78 is 31.4. The van der Waals surface area contributed by atoms with Crippen LogP contribution in [0.4, 0.5) is 14.5 Å². The van der Waals surface area contributed by atoms with Crippen LogP contribution in [0.5, 0.6) is 0 Å². The van der Waals surface area contributed by atoms with E-state index in [1.54, 1.807) is 11.8 Å². The molecular formula is C19H23F2N3O3. The van der Waals surface area contributed by atoms with Gasteiger partial charge in [-0.25, -0.2) is 13.6 Å². The molecule has 1 aliphatic heterocycles. The van der Waals surface area contributed by atoms with Gasteiger partial charge in [0.25, 0.3) is 0 Å². The number of carbonyl (C=O) groups is 1. The molecule has 0 aliphatic carbocycles. The minimum atomic E-state index is -1.42. The number of aromatic nitrogens is 1. The third-order valence-electron chi connectivity index (χ3n) is 5.09. The van der Waals surface area contributed by atoms with Crippen LogP contribution in [-0.2, 0) is 6.54 Å². The number of aryl methyl sites for hydroxylation is 1. The first-order valence-corrected chi connectivity index (χ1v) is 9.13. The maximum Gasteiger partial charge on any atom is 0.341 e. The predicted octanol–water partition coefficient (Wildman–Crippen LogP) is 2.43. The maximum absolute atomic E-state index is 15.3. The van der Waals surface area contributed by atoms with E-state index in [1.807, 2.05) is 6.92 Å². The molecule has 0 saturated carbocycles. The molecule has 2 heterocycles. The number of benzene rings is 1. The summed E-state index contributed by atoms with van der Waals surface area (Å²) in [6.07, 6.45) is 1.94. The van der Waals surface area contributed by atoms with Crippen LogP contribution in [-0.4, -0.2) is 41.8 Å². The van der Waals surface area contributed by atoms with Gasteiger partial charge in [-0.15, -0.1) is 0 Å². The largest absolute Gasteiger partial charge is 0.477 e. The number of nitrogens with one attached hydrogen (secondary N) is 1. The van der Waals surface area contributed by atoms with Crippen LogP contribution in [0.1, 0.15) is 30.6 Å². The number of fused-ring (bicyclic) bond motifs is 1. The average molecular weight is 379 g/mol. The van der Waals surface area contributed by atoms with Gasteiger partial charge in [-0.2, -0.15) is 0 Å². The molecule has 1 atom stereocenters. The van der Waals surface area contributed by atoms with Gasteiger partial charge in [0.2, 0.25) is 5.43 Å². The van der Waals surface area contributed by atoms with Crippen molar-refractivity contribution in [1.82, 2.24) is 9.88 Å². The Morgan fingerprint density at radius 3 is 2.74 bits per heavy atom. The van der Waals surface area contributed by atoms with E-state index >= 15 is 4.39 Å². The fourth-order valence-corrected chi connectivity index (χ4v) is 3.72. The van der Waals surface area contributed by atoms with E-state index in [0.717, 1.165) is 31.8 Å². The van der Waals surface area contributed by atoms with Gasteiger partial charge >= 0.3 is 5.97 Å². The Hall–Kier alpha value is -2.48. The van der Waals surface area contributed by atoms with Crippen LogP contribution in [0.15, 0.2) is 17.1 Å². The Morgan fingerprint density at radius 1 is 1.37 bits per heavy atom. The minimum absolute atomic E-state index is 0.0565. The van der Waals surface area contributed by atoms with Crippen LogP contribution in [0.3, 0.4) is 0 Å². The Labute approximate surface area is 155 Å². The molecule has 8 heteroatoms. The quantitative estimate of drug-likeness (QED) is 0.806. The number of hydrogen-bond donors (Lipinski definition) is 2. The SMILES string of the molecule is CCNC[C@H]1CCN(c2c(F)cc3c(=O)c(C(=O)O)cn(CC)c3c2F)C1. The molecule has 2 N–H and O–H groups in total. The fourth-order valence-electron chi connectivity index (χ4n) is 3.72. The van der Waals surface area contributed by atoms with Crippen molar-refractivity contribution in [3.63, 3.8) is 0 Å². The molecule has 3 rings (SSSR count). The van der Waals surface area contributed by atoms with Crippen LogP contribution >= 0.6 is 0 Å². The zero-order valence-corrected chi connectivity index (χ0v) is 15.4. The zero-order chi connectivity index (χ0) is 19.7. The van der Waals surface area contributed by atoms with Gasteiger partial charge in [-0.1, -0.05) is 6.92 Å². The number of nitrogens with zero attached hydrogens (tertiary/aromatic N) is 2. The van der Waals surface area contributed by atoms with Crippen molar-refractivity contribution in [2.45, 2.75) is 26.8 Å². The molecule has 0 spiro atoms. The highest BCUT2D eigenvalue weighted by Crippen LogP contribution is 2.33. The summed E-state index contributed by atoms with van der Waals surface area (Å²) in [6, 6.07) is 0.965. The highest BCUT2D eigenvalue weighted by atomic mass is 19.1. The lowest BCUT2D eigenvalue weighted by molar-refractivity contribution is 0.0695. The molecule has 0 unspecified atom stereocenters. The number of carboxylic acids is 1. The Kier molecular flexibility index (Phi) is 5.46. The second-order valence-electron chi connectivity index (χ2n) is 6.79.